The predicted octanol–water partition coefficient (Wildman–Crippen LogP) is 3.43. The van der Waals surface area contributed by atoms with Gasteiger partial charge in [0.15, 0.2) is 0 Å². The molecule has 6 heteroatoms. The molecule has 1 atom stereocenters. The smallest absolute Gasteiger partial charge is 0.266 e. The molecule has 0 aromatic carbocycles. The first-order chi connectivity index (χ1) is 11.0. The zero-order valence-corrected chi connectivity index (χ0v) is 15.1. The monoisotopic (exact) mass is 333 g/mol. The number of nitrogens with zero attached hydrogens (tertiary/aromatic N) is 3. The van der Waals surface area contributed by atoms with E-state index in [4.69, 9.17) is 4.74 Å². The maximum atomic E-state index is 12.9. The van der Waals surface area contributed by atoms with Gasteiger partial charge in [0, 0.05) is 26.3 Å². The summed E-state index contributed by atoms with van der Waals surface area (Å²) >= 11 is 1.47. The molecule has 1 amide bonds. The molecular weight excluding hydrogens is 310 g/mol. The third kappa shape index (κ3) is 3.95. The second kappa shape index (κ2) is 7.66. The van der Waals surface area contributed by atoms with Crippen molar-refractivity contribution >= 4 is 17.2 Å². The summed E-state index contributed by atoms with van der Waals surface area (Å²) in [5.41, 5.74) is 1.60. The van der Waals surface area contributed by atoms with Crippen molar-refractivity contribution in [3.63, 3.8) is 0 Å². The molecular formula is C17H23N3O2S. The number of likely N-dealkylation sites (N-methyl/N-ethyl adjacent to an activating group) is 1. The van der Waals surface area contributed by atoms with Gasteiger partial charge >= 0.3 is 0 Å². The topological polar surface area (TPSA) is 55.3 Å². The van der Waals surface area contributed by atoms with Gasteiger partial charge in [0.2, 0.25) is 0 Å². The van der Waals surface area contributed by atoms with Crippen molar-refractivity contribution in [3.05, 3.63) is 45.7 Å². The fraction of sp³-hybridized carbons (Fsp3) is 0.471. The van der Waals surface area contributed by atoms with Crippen molar-refractivity contribution in [2.75, 3.05) is 20.8 Å². The number of ether oxygens (including phenoxy) is 1. The standard InChI is InChI=1S/C17H23N3O2S/c1-11(2)16-19-12(3)15(23-16)17(21)20(4)14(10-22-5)13-8-6-7-9-18-13/h6-9,11,14H,10H2,1-5H3/t14-/m1/s1. The molecule has 0 bridgehead atoms. The van der Waals surface area contributed by atoms with E-state index in [1.165, 1.54) is 11.3 Å². The van der Waals surface area contributed by atoms with E-state index < -0.39 is 0 Å². The Morgan fingerprint density at radius 3 is 2.65 bits per heavy atom. The van der Waals surface area contributed by atoms with Crippen LogP contribution in [0.5, 0.6) is 0 Å². The van der Waals surface area contributed by atoms with Gasteiger partial charge in [0.25, 0.3) is 5.91 Å². The van der Waals surface area contributed by atoms with Crippen LogP contribution in [0.1, 0.15) is 51.9 Å². The number of hydrogen-bond donors (Lipinski definition) is 0. The highest BCUT2D eigenvalue weighted by molar-refractivity contribution is 7.13. The molecule has 0 saturated heterocycles. The molecule has 2 aromatic rings. The highest BCUT2D eigenvalue weighted by atomic mass is 32.1. The molecule has 0 N–H and O–H groups in total. The van der Waals surface area contributed by atoms with Crippen molar-refractivity contribution in [2.45, 2.75) is 32.7 Å². The largest absolute Gasteiger partial charge is 0.382 e. The Kier molecular flexibility index (Phi) is 5.85. The predicted molar refractivity (Wildman–Crippen MR) is 91.9 cm³/mol. The third-order valence-corrected chi connectivity index (χ3v) is 5.09. The maximum Gasteiger partial charge on any atom is 0.266 e. The van der Waals surface area contributed by atoms with Gasteiger partial charge in [0.1, 0.15) is 4.88 Å². The number of carbonyl (C=O) groups excluding carboxylic acids is 1. The minimum atomic E-state index is -0.224. The molecule has 0 spiro atoms. The van der Waals surface area contributed by atoms with Crippen LogP contribution < -0.4 is 0 Å². The van der Waals surface area contributed by atoms with E-state index in [9.17, 15) is 4.79 Å². The van der Waals surface area contributed by atoms with Crippen LogP contribution in [-0.2, 0) is 4.74 Å². The van der Waals surface area contributed by atoms with Gasteiger partial charge in [-0.3, -0.25) is 9.78 Å². The van der Waals surface area contributed by atoms with E-state index in [0.717, 1.165) is 16.4 Å². The number of carbonyl (C=O) groups is 1. The van der Waals surface area contributed by atoms with Gasteiger partial charge in [-0.05, 0) is 19.1 Å². The molecule has 0 fully saturated rings. The molecule has 2 heterocycles. The second-order valence-corrected chi connectivity index (χ2v) is 6.79. The Balaban J connectivity index is 2.29. The summed E-state index contributed by atoms with van der Waals surface area (Å²) in [4.78, 5) is 24.2. The Labute approximate surface area is 141 Å². The number of pyridine rings is 1. The SMILES string of the molecule is COC[C@H](c1ccccn1)N(C)C(=O)c1sc(C(C)C)nc1C. The summed E-state index contributed by atoms with van der Waals surface area (Å²) in [6.45, 7) is 6.44. The third-order valence-electron chi connectivity index (χ3n) is 3.64. The van der Waals surface area contributed by atoms with E-state index in [0.29, 0.717) is 17.4 Å². The van der Waals surface area contributed by atoms with Gasteiger partial charge in [-0.2, -0.15) is 0 Å². The summed E-state index contributed by atoms with van der Waals surface area (Å²) in [6, 6.07) is 5.46. The first-order valence-electron chi connectivity index (χ1n) is 7.60. The molecule has 124 valence electrons. The quantitative estimate of drug-likeness (QED) is 0.813. The molecule has 0 aliphatic rings. The lowest BCUT2D eigenvalue weighted by atomic mass is 10.1. The zero-order valence-electron chi connectivity index (χ0n) is 14.2. The van der Waals surface area contributed by atoms with Gasteiger partial charge in [-0.1, -0.05) is 19.9 Å². The number of amides is 1. The molecule has 2 aromatic heterocycles. The van der Waals surface area contributed by atoms with E-state index in [1.807, 2.05) is 25.1 Å². The normalized spacial score (nSPS) is 12.4. The van der Waals surface area contributed by atoms with E-state index in [2.05, 4.69) is 23.8 Å². The van der Waals surface area contributed by atoms with Crippen molar-refractivity contribution in [3.8, 4) is 0 Å². The van der Waals surface area contributed by atoms with Crippen molar-refractivity contribution in [2.24, 2.45) is 0 Å². The highest BCUT2D eigenvalue weighted by Gasteiger charge is 2.27. The fourth-order valence-corrected chi connectivity index (χ4v) is 3.34. The Morgan fingerprint density at radius 1 is 1.39 bits per heavy atom. The fourth-order valence-electron chi connectivity index (χ4n) is 2.29. The van der Waals surface area contributed by atoms with Crippen LogP contribution in [0.25, 0.3) is 0 Å². The number of methoxy groups -OCH3 is 1. The lowest BCUT2D eigenvalue weighted by Crippen LogP contribution is -2.34. The zero-order chi connectivity index (χ0) is 17.0. The first-order valence-corrected chi connectivity index (χ1v) is 8.41. The average molecular weight is 333 g/mol. The van der Waals surface area contributed by atoms with E-state index >= 15 is 0 Å². The van der Waals surface area contributed by atoms with Gasteiger partial charge in [-0.25, -0.2) is 4.98 Å². The van der Waals surface area contributed by atoms with Crippen LogP contribution in [0.2, 0.25) is 0 Å². The molecule has 0 aliphatic heterocycles. The Bertz CT molecular complexity index is 655. The van der Waals surface area contributed by atoms with Crippen LogP contribution in [0.3, 0.4) is 0 Å². The van der Waals surface area contributed by atoms with Gasteiger partial charge in [-0.15, -0.1) is 11.3 Å². The number of aromatic nitrogens is 2. The highest BCUT2D eigenvalue weighted by Crippen LogP contribution is 2.28. The van der Waals surface area contributed by atoms with Crippen molar-refractivity contribution < 1.29 is 9.53 Å². The van der Waals surface area contributed by atoms with Crippen LogP contribution in [0.15, 0.2) is 24.4 Å². The van der Waals surface area contributed by atoms with Crippen LogP contribution in [-0.4, -0.2) is 41.5 Å². The summed E-state index contributed by atoms with van der Waals surface area (Å²) in [7, 11) is 3.41. The second-order valence-electron chi connectivity index (χ2n) is 5.76. The van der Waals surface area contributed by atoms with Crippen molar-refractivity contribution in [1.29, 1.82) is 0 Å². The molecule has 2 rings (SSSR count). The van der Waals surface area contributed by atoms with Gasteiger partial charge in [0.05, 0.1) is 29.0 Å². The average Bonchev–Trinajstić information content (AvgIpc) is 2.94. The molecule has 0 saturated carbocycles. The molecule has 5 nitrogen and oxygen atoms in total. The summed E-state index contributed by atoms with van der Waals surface area (Å²) < 4.78 is 5.29. The number of aryl methyl sites for hydroxylation is 1. The minimum Gasteiger partial charge on any atom is -0.382 e. The summed E-state index contributed by atoms with van der Waals surface area (Å²) in [6.07, 6.45) is 1.73. The number of hydrogen-bond acceptors (Lipinski definition) is 5. The van der Waals surface area contributed by atoms with E-state index in [-0.39, 0.29) is 11.9 Å². The summed E-state index contributed by atoms with van der Waals surface area (Å²) in [5.74, 6) is 0.274. The Morgan fingerprint density at radius 2 is 2.13 bits per heavy atom. The Hall–Kier alpha value is -1.79. The minimum absolute atomic E-state index is 0.0420. The molecule has 0 radical (unpaired) electrons. The van der Waals surface area contributed by atoms with Gasteiger partial charge < -0.3 is 9.64 Å². The lowest BCUT2D eigenvalue weighted by molar-refractivity contribution is 0.0598. The van der Waals surface area contributed by atoms with Crippen LogP contribution in [0, 0.1) is 6.92 Å². The van der Waals surface area contributed by atoms with Crippen LogP contribution >= 0.6 is 11.3 Å². The van der Waals surface area contributed by atoms with Crippen molar-refractivity contribution in [1.82, 2.24) is 14.9 Å². The molecule has 0 aliphatic carbocycles. The lowest BCUT2D eigenvalue weighted by Gasteiger charge is -2.27. The summed E-state index contributed by atoms with van der Waals surface area (Å²) in [5, 5.41) is 0.986. The first kappa shape index (κ1) is 17.6. The molecule has 23 heavy (non-hydrogen) atoms. The molecule has 0 unspecified atom stereocenters. The van der Waals surface area contributed by atoms with E-state index in [1.54, 1.807) is 25.3 Å². The van der Waals surface area contributed by atoms with Crippen LogP contribution in [0.4, 0.5) is 0 Å². The number of thiazole rings is 1. The maximum absolute atomic E-state index is 12.9. The number of rotatable bonds is 6.